The lowest BCUT2D eigenvalue weighted by Gasteiger charge is -2.25. The molecule has 0 aliphatic heterocycles. The van der Waals surface area contributed by atoms with Crippen molar-refractivity contribution in [1.82, 2.24) is 5.32 Å². The van der Waals surface area contributed by atoms with Crippen molar-refractivity contribution in [3.8, 4) is 6.07 Å². The van der Waals surface area contributed by atoms with E-state index < -0.39 is 5.60 Å². The first-order valence-corrected chi connectivity index (χ1v) is 6.42. The molecule has 0 aliphatic rings. The van der Waals surface area contributed by atoms with E-state index in [1.165, 1.54) is 11.3 Å². The fraction of sp³-hybridized carbons (Fsp3) is 0.500. The van der Waals surface area contributed by atoms with Crippen molar-refractivity contribution in [3.63, 3.8) is 0 Å². The summed E-state index contributed by atoms with van der Waals surface area (Å²) in [5.41, 5.74) is -0.483. The molecule has 0 aliphatic carbocycles. The number of aliphatic hydroxyl groups is 1. The normalized spacial score (nSPS) is 10.9. The van der Waals surface area contributed by atoms with Crippen LogP contribution in [-0.4, -0.2) is 23.2 Å². The molecule has 1 aromatic rings. The minimum absolute atomic E-state index is 0.210. The summed E-state index contributed by atoms with van der Waals surface area (Å²) in [6.45, 7) is 3.96. The van der Waals surface area contributed by atoms with Crippen LogP contribution in [0.1, 0.15) is 41.9 Å². The van der Waals surface area contributed by atoms with Crippen LogP contribution in [-0.2, 0) is 0 Å². The number of amides is 1. The summed E-state index contributed by atoms with van der Waals surface area (Å²) in [7, 11) is 0. The van der Waals surface area contributed by atoms with Gasteiger partial charge in [0.2, 0.25) is 0 Å². The van der Waals surface area contributed by atoms with E-state index in [1.54, 1.807) is 11.4 Å². The number of thiophene rings is 1. The summed E-state index contributed by atoms with van der Waals surface area (Å²) in [5.74, 6) is -0.295. The van der Waals surface area contributed by atoms with Crippen molar-refractivity contribution in [1.29, 1.82) is 5.26 Å². The number of nitriles is 1. The first-order valence-electron chi connectivity index (χ1n) is 5.54. The lowest BCUT2D eigenvalue weighted by molar-refractivity contribution is 0.0314. The van der Waals surface area contributed by atoms with Crippen LogP contribution in [0.25, 0.3) is 0 Å². The summed E-state index contributed by atoms with van der Waals surface area (Å²) in [4.78, 5) is 12.2. The molecule has 1 rings (SSSR count). The van der Waals surface area contributed by atoms with Crippen LogP contribution in [0.3, 0.4) is 0 Å². The van der Waals surface area contributed by atoms with Gasteiger partial charge in [-0.25, -0.2) is 0 Å². The highest BCUT2D eigenvalue weighted by Crippen LogP contribution is 2.17. The van der Waals surface area contributed by atoms with Gasteiger partial charge in [0.15, 0.2) is 0 Å². The van der Waals surface area contributed by atoms with Gasteiger partial charge in [0.25, 0.3) is 5.91 Å². The molecule has 0 radical (unpaired) electrons. The summed E-state index contributed by atoms with van der Waals surface area (Å²) >= 11 is 1.23. The number of rotatable bonds is 5. The molecular formula is C12H16N2O2S. The molecule has 1 heterocycles. The van der Waals surface area contributed by atoms with E-state index in [0.29, 0.717) is 23.3 Å². The Kier molecular flexibility index (Phi) is 4.67. The smallest absolute Gasteiger partial charge is 0.262 e. The third-order valence-corrected chi connectivity index (χ3v) is 3.80. The van der Waals surface area contributed by atoms with Crippen molar-refractivity contribution in [2.75, 3.05) is 6.54 Å². The van der Waals surface area contributed by atoms with Crippen molar-refractivity contribution in [2.24, 2.45) is 0 Å². The Bertz CT molecular complexity index is 430. The highest BCUT2D eigenvalue weighted by molar-refractivity contribution is 7.12. The summed E-state index contributed by atoms with van der Waals surface area (Å²) in [6.07, 6.45) is 1.17. The average Bonchev–Trinajstić information content (AvgIpc) is 2.83. The van der Waals surface area contributed by atoms with Gasteiger partial charge < -0.3 is 10.4 Å². The molecule has 0 spiro atoms. The van der Waals surface area contributed by atoms with E-state index in [-0.39, 0.29) is 12.5 Å². The third-order valence-electron chi connectivity index (χ3n) is 2.89. The summed E-state index contributed by atoms with van der Waals surface area (Å²) in [6, 6.07) is 3.59. The van der Waals surface area contributed by atoms with Crippen LogP contribution >= 0.6 is 11.3 Å². The van der Waals surface area contributed by atoms with Crippen molar-refractivity contribution in [2.45, 2.75) is 32.3 Å². The Morgan fingerprint density at radius 2 is 2.24 bits per heavy atom. The predicted molar refractivity (Wildman–Crippen MR) is 66.9 cm³/mol. The Balaban J connectivity index is 2.66. The van der Waals surface area contributed by atoms with Gasteiger partial charge in [-0.3, -0.25) is 4.79 Å². The standard InChI is InChI=1S/C12H16N2O2S/c1-3-12(16,4-2)8-14-11(15)10-9(7-13)5-6-17-10/h5-6,16H,3-4,8H2,1-2H3,(H,14,15). The van der Waals surface area contributed by atoms with E-state index in [2.05, 4.69) is 5.32 Å². The quantitative estimate of drug-likeness (QED) is 0.840. The Morgan fingerprint density at radius 1 is 1.59 bits per heavy atom. The van der Waals surface area contributed by atoms with Gasteiger partial charge in [-0.15, -0.1) is 11.3 Å². The van der Waals surface area contributed by atoms with Crippen molar-refractivity contribution >= 4 is 17.2 Å². The molecule has 0 saturated heterocycles. The first kappa shape index (κ1) is 13.7. The monoisotopic (exact) mass is 252 g/mol. The summed E-state index contributed by atoms with van der Waals surface area (Å²) < 4.78 is 0. The van der Waals surface area contributed by atoms with Crippen molar-refractivity contribution in [3.05, 3.63) is 21.9 Å². The van der Waals surface area contributed by atoms with Gasteiger partial charge in [0.1, 0.15) is 10.9 Å². The van der Waals surface area contributed by atoms with Gasteiger partial charge in [-0.2, -0.15) is 5.26 Å². The van der Waals surface area contributed by atoms with Gasteiger partial charge in [0, 0.05) is 6.54 Å². The second-order valence-electron chi connectivity index (χ2n) is 3.89. The predicted octanol–water partition coefficient (Wildman–Crippen LogP) is 1.90. The highest BCUT2D eigenvalue weighted by Gasteiger charge is 2.23. The number of nitrogens with zero attached hydrogens (tertiary/aromatic N) is 1. The van der Waals surface area contributed by atoms with Crippen LogP contribution in [0.15, 0.2) is 11.4 Å². The van der Waals surface area contributed by atoms with Gasteiger partial charge in [0.05, 0.1) is 11.2 Å². The molecule has 92 valence electrons. The minimum atomic E-state index is -0.861. The number of carbonyl (C=O) groups is 1. The molecular weight excluding hydrogens is 236 g/mol. The number of hydrogen-bond acceptors (Lipinski definition) is 4. The molecule has 0 unspecified atom stereocenters. The molecule has 1 aromatic heterocycles. The fourth-order valence-electron chi connectivity index (χ4n) is 1.40. The highest BCUT2D eigenvalue weighted by atomic mass is 32.1. The van der Waals surface area contributed by atoms with Crippen LogP contribution in [0.2, 0.25) is 0 Å². The molecule has 0 fully saturated rings. The SMILES string of the molecule is CCC(O)(CC)CNC(=O)c1sccc1C#N. The zero-order valence-electron chi connectivity index (χ0n) is 9.99. The van der Waals surface area contributed by atoms with E-state index in [4.69, 9.17) is 5.26 Å². The second-order valence-corrected chi connectivity index (χ2v) is 4.81. The van der Waals surface area contributed by atoms with Gasteiger partial charge in [-0.05, 0) is 24.3 Å². The number of hydrogen-bond donors (Lipinski definition) is 2. The first-order chi connectivity index (χ1) is 8.06. The molecule has 0 bridgehead atoms. The molecule has 17 heavy (non-hydrogen) atoms. The van der Waals surface area contributed by atoms with E-state index in [1.807, 2.05) is 19.9 Å². The maximum atomic E-state index is 11.8. The number of nitrogens with one attached hydrogen (secondary N) is 1. The topological polar surface area (TPSA) is 73.1 Å². The third kappa shape index (κ3) is 3.29. The molecule has 5 heteroatoms. The van der Waals surface area contributed by atoms with Crippen molar-refractivity contribution < 1.29 is 9.90 Å². The zero-order chi connectivity index (χ0) is 12.9. The Labute approximate surface area is 105 Å². The van der Waals surface area contributed by atoms with Crippen LogP contribution < -0.4 is 5.32 Å². The average molecular weight is 252 g/mol. The van der Waals surface area contributed by atoms with Gasteiger partial charge >= 0.3 is 0 Å². The minimum Gasteiger partial charge on any atom is -0.388 e. The summed E-state index contributed by atoms with van der Waals surface area (Å²) in [5, 5.41) is 23.2. The zero-order valence-corrected chi connectivity index (χ0v) is 10.8. The molecule has 1 amide bonds. The van der Waals surface area contributed by atoms with Crippen LogP contribution in [0, 0.1) is 11.3 Å². The van der Waals surface area contributed by atoms with E-state index >= 15 is 0 Å². The van der Waals surface area contributed by atoms with Crippen LogP contribution in [0.5, 0.6) is 0 Å². The largest absolute Gasteiger partial charge is 0.388 e. The lowest BCUT2D eigenvalue weighted by atomic mass is 9.97. The second kappa shape index (κ2) is 5.80. The van der Waals surface area contributed by atoms with Gasteiger partial charge in [-0.1, -0.05) is 13.8 Å². The molecule has 0 saturated carbocycles. The van der Waals surface area contributed by atoms with Crippen LogP contribution in [0.4, 0.5) is 0 Å². The van der Waals surface area contributed by atoms with E-state index in [0.717, 1.165) is 0 Å². The molecule has 0 aromatic carbocycles. The Morgan fingerprint density at radius 3 is 2.76 bits per heavy atom. The maximum absolute atomic E-state index is 11.8. The van der Waals surface area contributed by atoms with E-state index in [9.17, 15) is 9.90 Å². The lowest BCUT2D eigenvalue weighted by Crippen LogP contribution is -2.41. The molecule has 4 nitrogen and oxygen atoms in total. The Hall–Kier alpha value is -1.38. The molecule has 2 N–H and O–H groups in total. The fourth-order valence-corrected chi connectivity index (χ4v) is 2.16. The molecule has 0 atom stereocenters. The maximum Gasteiger partial charge on any atom is 0.262 e. The number of carbonyl (C=O) groups excluding carboxylic acids is 1.